The molecule has 1 aromatic heterocycles. The van der Waals surface area contributed by atoms with Gasteiger partial charge in [-0.3, -0.25) is 9.79 Å². The van der Waals surface area contributed by atoms with E-state index in [-0.39, 0.29) is 29.9 Å². The van der Waals surface area contributed by atoms with E-state index >= 15 is 0 Å². The average molecular weight is 513 g/mol. The Hall–Kier alpha value is -1.68. The van der Waals surface area contributed by atoms with Crippen LogP contribution in [0, 0.1) is 6.92 Å². The van der Waals surface area contributed by atoms with Crippen molar-refractivity contribution in [2.75, 3.05) is 20.1 Å². The smallest absolute Gasteiger partial charge is 0.222 e. The Morgan fingerprint density at radius 2 is 2.00 bits per heavy atom. The highest BCUT2D eigenvalue weighted by Gasteiger charge is 2.19. The van der Waals surface area contributed by atoms with E-state index in [1.54, 1.807) is 18.4 Å². The lowest BCUT2D eigenvalue weighted by Crippen LogP contribution is -2.37. The number of amides is 1. The zero-order valence-corrected chi connectivity index (χ0v) is 19.5. The first kappa shape index (κ1) is 22.6. The molecule has 0 aliphatic carbocycles. The number of carbonyl (C=O) groups excluding carboxylic acids is 1. The van der Waals surface area contributed by atoms with Gasteiger partial charge in [0.25, 0.3) is 0 Å². The van der Waals surface area contributed by atoms with Gasteiger partial charge in [-0.25, -0.2) is 4.98 Å². The number of halogens is 1. The number of aryl methyl sites for hydroxylation is 1. The van der Waals surface area contributed by atoms with Crippen molar-refractivity contribution in [1.82, 2.24) is 20.5 Å². The molecule has 0 bridgehead atoms. The molecule has 3 rings (SSSR count). The van der Waals surface area contributed by atoms with Crippen LogP contribution in [-0.2, 0) is 24.3 Å². The summed E-state index contributed by atoms with van der Waals surface area (Å²) in [5, 5.41) is 7.80. The molecular weight excluding hydrogens is 485 g/mol. The van der Waals surface area contributed by atoms with E-state index in [1.807, 2.05) is 11.1 Å². The number of hydrogen-bond donors (Lipinski definition) is 2. The van der Waals surface area contributed by atoms with Gasteiger partial charge in [0, 0.05) is 57.1 Å². The number of aromatic nitrogens is 1. The van der Waals surface area contributed by atoms with Gasteiger partial charge >= 0.3 is 0 Å². The van der Waals surface area contributed by atoms with Crippen LogP contribution in [0.2, 0.25) is 0 Å². The second kappa shape index (κ2) is 11.4. The van der Waals surface area contributed by atoms with Crippen LogP contribution in [0.5, 0.6) is 0 Å². The molecule has 1 aliphatic heterocycles. The number of nitrogens with zero attached hydrogens (tertiary/aromatic N) is 3. The minimum atomic E-state index is 0. The average Bonchev–Trinajstić information content (AvgIpc) is 3.27. The minimum Gasteiger partial charge on any atom is -0.356 e. The summed E-state index contributed by atoms with van der Waals surface area (Å²) >= 11 is 1.73. The van der Waals surface area contributed by atoms with Crippen LogP contribution in [0.25, 0.3) is 0 Å². The van der Waals surface area contributed by atoms with Crippen LogP contribution in [0.4, 0.5) is 0 Å². The molecule has 1 saturated heterocycles. The number of aliphatic imine (C=N–C) groups is 1. The molecule has 0 atom stereocenters. The summed E-state index contributed by atoms with van der Waals surface area (Å²) in [5.74, 6) is 1.05. The highest BCUT2D eigenvalue weighted by Crippen LogP contribution is 2.15. The van der Waals surface area contributed by atoms with Gasteiger partial charge in [-0.2, -0.15) is 0 Å². The number of rotatable bonds is 7. The number of nitrogens with one attached hydrogen (secondary N) is 2. The molecule has 8 heteroatoms. The summed E-state index contributed by atoms with van der Waals surface area (Å²) in [6, 6.07) is 8.41. The first-order valence-corrected chi connectivity index (χ1v) is 10.2. The molecule has 0 unspecified atom stereocenters. The fourth-order valence-electron chi connectivity index (χ4n) is 3.07. The SMILES string of the molecule is CN=C(NCCc1ncc(C)s1)NCc1ccc(CN2CCCC2=O)cc1.I. The highest BCUT2D eigenvalue weighted by atomic mass is 127. The molecule has 2 heterocycles. The molecule has 0 saturated carbocycles. The quantitative estimate of drug-likeness (QED) is 0.339. The van der Waals surface area contributed by atoms with Gasteiger partial charge in [0.05, 0.1) is 5.01 Å². The molecule has 1 amide bonds. The Kier molecular flexibility index (Phi) is 9.17. The van der Waals surface area contributed by atoms with Crippen LogP contribution >= 0.6 is 35.3 Å². The van der Waals surface area contributed by atoms with Crippen LogP contribution in [0.3, 0.4) is 0 Å². The van der Waals surface area contributed by atoms with Gasteiger partial charge in [-0.1, -0.05) is 24.3 Å². The number of guanidine groups is 1. The van der Waals surface area contributed by atoms with E-state index in [2.05, 4.69) is 51.8 Å². The lowest BCUT2D eigenvalue weighted by atomic mass is 10.1. The standard InChI is InChI=1S/C20H27N5OS.HI/c1-15-12-23-18(27-15)9-10-22-20(21-2)24-13-16-5-7-17(8-6-16)14-25-11-3-4-19(25)26;/h5-8,12H,3-4,9-11,13-14H2,1-2H3,(H2,21,22,24);1H. The second-order valence-electron chi connectivity index (χ2n) is 6.70. The van der Waals surface area contributed by atoms with Gasteiger partial charge in [0.2, 0.25) is 5.91 Å². The van der Waals surface area contributed by atoms with Crippen LogP contribution in [0.15, 0.2) is 35.5 Å². The van der Waals surface area contributed by atoms with Gasteiger partial charge in [-0.05, 0) is 24.5 Å². The van der Waals surface area contributed by atoms with Crippen molar-refractivity contribution in [1.29, 1.82) is 0 Å². The first-order chi connectivity index (χ1) is 13.1. The van der Waals surface area contributed by atoms with E-state index in [0.29, 0.717) is 19.5 Å². The van der Waals surface area contributed by atoms with Crippen LogP contribution < -0.4 is 10.6 Å². The van der Waals surface area contributed by atoms with Crippen molar-refractivity contribution >= 4 is 47.2 Å². The van der Waals surface area contributed by atoms with Crippen molar-refractivity contribution in [2.45, 2.75) is 39.3 Å². The Balaban J connectivity index is 0.00000280. The van der Waals surface area contributed by atoms with Gasteiger partial charge in [0.15, 0.2) is 5.96 Å². The Morgan fingerprint density at radius 1 is 1.25 bits per heavy atom. The molecule has 1 fully saturated rings. The van der Waals surface area contributed by atoms with Gasteiger partial charge in [0.1, 0.15) is 0 Å². The predicted octanol–water partition coefficient (Wildman–Crippen LogP) is 3.10. The Bertz CT molecular complexity index is 790. The maximum Gasteiger partial charge on any atom is 0.222 e. The third-order valence-electron chi connectivity index (χ3n) is 4.55. The van der Waals surface area contributed by atoms with Gasteiger partial charge in [-0.15, -0.1) is 35.3 Å². The fourth-order valence-corrected chi connectivity index (χ4v) is 3.85. The number of thiazole rings is 1. The Morgan fingerprint density at radius 3 is 2.61 bits per heavy atom. The second-order valence-corrected chi connectivity index (χ2v) is 8.02. The molecule has 6 nitrogen and oxygen atoms in total. The summed E-state index contributed by atoms with van der Waals surface area (Å²) in [5.41, 5.74) is 2.36. The van der Waals surface area contributed by atoms with E-state index in [1.165, 1.54) is 16.0 Å². The summed E-state index contributed by atoms with van der Waals surface area (Å²) in [4.78, 5) is 23.5. The summed E-state index contributed by atoms with van der Waals surface area (Å²) < 4.78 is 0. The molecule has 28 heavy (non-hydrogen) atoms. The minimum absolute atomic E-state index is 0. The van der Waals surface area contributed by atoms with E-state index < -0.39 is 0 Å². The summed E-state index contributed by atoms with van der Waals surface area (Å²) in [6.07, 6.45) is 4.48. The maximum absolute atomic E-state index is 11.7. The van der Waals surface area contributed by atoms with Crippen molar-refractivity contribution in [3.63, 3.8) is 0 Å². The summed E-state index contributed by atoms with van der Waals surface area (Å²) in [7, 11) is 1.78. The molecule has 152 valence electrons. The third kappa shape index (κ3) is 6.73. The van der Waals surface area contributed by atoms with Crippen molar-refractivity contribution in [3.8, 4) is 0 Å². The van der Waals surface area contributed by atoms with E-state index in [0.717, 1.165) is 36.9 Å². The molecule has 2 aromatic rings. The highest BCUT2D eigenvalue weighted by molar-refractivity contribution is 14.0. The van der Waals surface area contributed by atoms with Crippen molar-refractivity contribution < 1.29 is 4.79 Å². The largest absolute Gasteiger partial charge is 0.356 e. The normalized spacial score (nSPS) is 14.1. The fraction of sp³-hybridized carbons (Fsp3) is 0.450. The zero-order valence-electron chi connectivity index (χ0n) is 16.4. The van der Waals surface area contributed by atoms with Crippen LogP contribution in [-0.4, -0.2) is 41.9 Å². The van der Waals surface area contributed by atoms with Crippen LogP contribution in [0.1, 0.15) is 33.9 Å². The van der Waals surface area contributed by atoms with Crippen molar-refractivity contribution in [2.24, 2.45) is 4.99 Å². The molecule has 1 aliphatic rings. The molecule has 2 N–H and O–H groups in total. The van der Waals surface area contributed by atoms with E-state index in [4.69, 9.17) is 0 Å². The number of carbonyl (C=O) groups is 1. The molecule has 0 radical (unpaired) electrons. The Labute approximate surface area is 187 Å². The molecule has 1 aromatic carbocycles. The predicted molar refractivity (Wildman–Crippen MR) is 125 cm³/mol. The monoisotopic (exact) mass is 513 g/mol. The van der Waals surface area contributed by atoms with E-state index in [9.17, 15) is 4.79 Å². The first-order valence-electron chi connectivity index (χ1n) is 9.35. The molecular formula is C20H28IN5OS. The lowest BCUT2D eigenvalue weighted by Gasteiger charge is -2.16. The number of benzene rings is 1. The van der Waals surface area contributed by atoms with Gasteiger partial charge < -0.3 is 15.5 Å². The summed E-state index contributed by atoms with van der Waals surface area (Å²) in [6.45, 7) is 5.18. The van der Waals surface area contributed by atoms with Crippen molar-refractivity contribution in [3.05, 3.63) is 51.5 Å². The molecule has 0 spiro atoms. The lowest BCUT2D eigenvalue weighted by molar-refractivity contribution is -0.128. The zero-order chi connectivity index (χ0) is 19.1. The third-order valence-corrected chi connectivity index (χ3v) is 5.52. The number of likely N-dealkylation sites (tertiary alicyclic amines) is 1. The number of hydrogen-bond acceptors (Lipinski definition) is 4. The topological polar surface area (TPSA) is 69.6 Å². The maximum atomic E-state index is 11.7.